The lowest BCUT2D eigenvalue weighted by molar-refractivity contribution is 0.0936. The summed E-state index contributed by atoms with van der Waals surface area (Å²) in [5, 5.41) is 6.46. The van der Waals surface area contributed by atoms with Gasteiger partial charge in [0.05, 0.1) is 6.61 Å². The van der Waals surface area contributed by atoms with Gasteiger partial charge in [0.25, 0.3) is 5.91 Å². The van der Waals surface area contributed by atoms with Crippen LogP contribution in [0, 0.1) is 13.8 Å². The summed E-state index contributed by atoms with van der Waals surface area (Å²) in [6.07, 6.45) is 5.14. The highest BCUT2D eigenvalue weighted by Crippen LogP contribution is 2.30. The topological polar surface area (TPSA) is 59.6 Å². The maximum absolute atomic E-state index is 12.2. The minimum absolute atomic E-state index is 0.0976. The van der Waals surface area contributed by atoms with Crippen molar-refractivity contribution >= 4 is 11.6 Å². The molecule has 2 aromatic carbocycles. The smallest absolute Gasteiger partial charge is 0.251 e. The lowest BCUT2D eigenvalue weighted by Crippen LogP contribution is -2.27. The van der Waals surface area contributed by atoms with Gasteiger partial charge in [-0.15, -0.1) is 0 Å². The fraction of sp³-hybridized carbons (Fsp3) is 0.435. The largest absolute Gasteiger partial charge is 0.457 e. The number of aryl methyl sites for hydroxylation is 2. The number of methoxy groups -OCH3 is 1. The summed E-state index contributed by atoms with van der Waals surface area (Å²) < 4.78 is 11.0. The van der Waals surface area contributed by atoms with Gasteiger partial charge in [-0.2, -0.15) is 0 Å². The van der Waals surface area contributed by atoms with E-state index in [1.54, 1.807) is 13.2 Å². The van der Waals surface area contributed by atoms with Crippen LogP contribution in [0.25, 0.3) is 0 Å². The Kier molecular flexibility index (Phi) is 6.93. The van der Waals surface area contributed by atoms with Crippen LogP contribution in [0.3, 0.4) is 0 Å². The van der Waals surface area contributed by atoms with Crippen molar-refractivity contribution in [3.63, 3.8) is 0 Å². The third kappa shape index (κ3) is 5.26. The molecule has 0 atom stereocenters. The summed E-state index contributed by atoms with van der Waals surface area (Å²) in [6, 6.07) is 12.4. The molecule has 0 bridgehead atoms. The third-order valence-corrected chi connectivity index (χ3v) is 5.16. The average molecular weight is 383 g/mol. The van der Waals surface area contributed by atoms with Gasteiger partial charge in [0.2, 0.25) is 0 Å². The molecule has 0 aliphatic heterocycles. The van der Waals surface area contributed by atoms with Crippen molar-refractivity contribution in [2.45, 2.75) is 45.6 Å². The molecule has 2 N–H and O–H groups in total. The summed E-state index contributed by atoms with van der Waals surface area (Å²) >= 11 is 0. The molecule has 1 aliphatic carbocycles. The van der Waals surface area contributed by atoms with E-state index < -0.39 is 0 Å². The maximum atomic E-state index is 12.2. The highest BCUT2D eigenvalue weighted by Gasteiger charge is 2.15. The summed E-state index contributed by atoms with van der Waals surface area (Å²) in [5.74, 6) is 1.46. The SMILES string of the molecule is COCCNC(=O)c1ccc(Oc2ccc(NC3CCCC3)cc2C)cc1C. The molecule has 0 saturated heterocycles. The number of rotatable bonds is 8. The van der Waals surface area contributed by atoms with Crippen LogP contribution in [0.1, 0.15) is 47.2 Å². The molecule has 0 radical (unpaired) electrons. The molecule has 1 fully saturated rings. The van der Waals surface area contributed by atoms with Gasteiger partial charge in [-0.3, -0.25) is 4.79 Å². The second-order valence-electron chi connectivity index (χ2n) is 7.43. The van der Waals surface area contributed by atoms with Gasteiger partial charge < -0.3 is 20.1 Å². The fourth-order valence-electron chi connectivity index (χ4n) is 3.60. The van der Waals surface area contributed by atoms with Crippen LogP contribution in [-0.4, -0.2) is 32.2 Å². The van der Waals surface area contributed by atoms with Crippen molar-refractivity contribution in [2.75, 3.05) is 25.6 Å². The first-order valence-electron chi connectivity index (χ1n) is 9.99. The Morgan fingerprint density at radius 3 is 2.54 bits per heavy atom. The van der Waals surface area contributed by atoms with Crippen LogP contribution in [0.4, 0.5) is 5.69 Å². The van der Waals surface area contributed by atoms with Crippen LogP contribution in [0.15, 0.2) is 36.4 Å². The van der Waals surface area contributed by atoms with E-state index in [1.165, 1.54) is 25.7 Å². The quantitative estimate of drug-likeness (QED) is 0.642. The van der Waals surface area contributed by atoms with Crippen molar-refractivity contribution < 1.29 is 14.3 Å². The predicted octanol–water partition coefficient (Wildman–Crippen LogP) is 4.83. The molecule has 28 heavy (non-hydrogen) atoms. The Morgan fingerprint density at radius 2 is 1.86 bits per heavy atom. The molecule has 0 aromatic heterocycles. The number of hydrogen-bond donors (Lipinski definition) is 2. The number of nitrogens with one attached hydrogen (secondary N) is 2. The van der Waals surface area contributed by atoms with Crippen LogP contribution in [0.5, 0.6) is 11.5 Å². The third-order valence-electron chi connectivity index (χ3n) is 5.16. The molecule has 1 aliphatic rings. The van der Waals surface area contributed by atoms with Crippen LogP contribution in [0.2, 0.25) is 0 Å². The van der Waals surface area contributed by atoms with E-state index in [4.69, 9.17) is 9.47 Å². The first-order valence-corrected chi connectivity index (χ1v) is 9.99. The van der Waals surface area contributed by atoms with E-state index in [9.17, 15) is 4.79 Å². The monoisotopic (exact) mass is 382 g/mol. The molecular weight excluding hydrogens is 352 g/mol. The average Bonchev–Trinajstić information content (AvgIpc) is 3.17. The van der Waals surface area contributed by atoms with Crippen LogP contribution < -0.4 is 15.4 Å². The standard InChI is InChI=1S/C23H30N2O3/c1-16-15-20(9-10-21(16)23(26)24-12-13-27-3)28-22-11-8-19(14-17(22)2)25-18-6-4-5-7-18/h8-11,14-15,18,25H,4-7,12-13H2,1-3H3,(H,24,26). The van der Waals surface area contributed by atoms with E-state index in [2.05, 4.69) is 29.7 Å². The summed E-state index contributed by atoms with van der Waals surface area (Å²) in [4.78, 5) is 12.2. The molecular formula is C23H30N2O3. The van der Waals surface area contributed by atoms with Gasteiger partial charge in [-0.25, -0.2) is 0 Å². The number of carbonyl (C=O) groups is 1. The van der Waals surface area contributed by atoms with E-state index in [1.807, 2.05) is 25.1 Å². The van der Waals surface area contributed by atoms with E-state index in [-0.39, 0.29) is 5.91 Å². The number of carbonyl (C=O) groups excluding carboxylic acids is 1. The van der Waals surface area contributed by atoms with Gasteiger partial charge in [0.1, 0.15) is 11.5 Å². The van der Waals surface area contributed by atoms with Crippen molar-refractivity contribution in [1.82, 2.24) is 5.32 Å². The normalized spacial score (nSPS) is 14.1. The molecule has 0 unspecified atom stereocenters. The zero-order valence-corrected chi connectivity index (χ0v) is 17.0. The number of ether oxygens (including phenoxy) is 2. The highest BCUT2D eigenvalue weighted by molar-refractivity contribution is 5.95. The van der Waals surface area contributed by atoms with Gasteiger partial charge in [0, 0.05) is 30.9 Å². The Balaban J connectivity index is 1.64. The number of hydrogen-bond acceptors (Lipinski definition) is 4. The molecule has 3 rings (SSSR count). The van der Waals surface area contributed by atoms with Crippen molar-refractivity contribution in [1.29, 1.82) is 0 Å². The van der Waals surface area contributed by atoms with Crippen molar-refractivity contribution in [3.05, 3.63) is 53.1 Å². The molecule has 1 amide bonds. The second-order valence-corrected chi connectivity index (χ2v) is 7.43. The Bertz CT molecular complexity index is 813. The first kappa shape index (κ1) is 20.2. The zero-order chi connectivity index (χ0) is 19.9. The molecule has 1 saturated carbocycles. The van der Waals surface area contributed by atoms with Gasteiger partial charge in [0.15, 0.2) is 0 Å². The Hall–Kier alpha value is -2.53. The predicted molar refractivity (Wildman–Crippen MR) is 113 cm³/mol. The maximum Gasteiger partial charge on any atom is 0.251 e. The van der Waals surface area contributed by atoms with Crippen LogP contribution in [-0.2, 0) is 4.74 Å². The van der Waals surface area contributed by atoms with Crippen molar-refractivity contribution in [3.8, 4) is 11.5 Å². The minimum atomic E-state index is -0.0976. The number of anilines is 1. The summed E-state index contributed by atoms with van der Waals surface area (Å²) in [5.41, 5.74) is 3.76. The summed E-state index contributed by atoms with van der Waals surface area (Å²) in [6.45, 7) is 4.96. The minimum Gasteiger partial charge on any atom is -0.457 e. The Morgan fingerprint density at radius 1 is 1.07 bits per heavy atom. The first-order chi connectivity index (χ1) is 13.6. The van der Waals surface area contributed by atoms with Crippen molar-refractivity contribution in [2.24, 2.45) is 0 Å². The second kappa shape index (κ2) is 9.60. The molecule has 0 heterocycles. The Labute approximate surface area is 167 Å². The molecule has 0 spiro atoms. The number of amides is 1. The lowest BCUT2D eigenvalue weighted by Gasteiger charge is -2.16. The van der Waals surface area contributed by atoms with Gasteiger partial charge >= 0.3 is 0 Å². The van der Waals surface area contributed by atoms with E-state index in [0.717, 1.165) is 28.3 Å². The van der Waals surface area contributed by atoms with E-state index in [0.29, 0.717) is 24.8 Å². The lowest BCUT2D eigenvalue weighted by atomic mass is 10.1. The summed E-state index contributed by atoms with van der Waals surface area (Å²) in [7, 11) is 1.61. The van der Waals surface area contributed by atoms with Gasteiger partial charge in [-0.05, 0) is 74.2 Å². The zero-order valence-electron chi connectivity index (χ0n) is 17.0. The van der Waals surface area contributed by atoms with E-state index >= 15 is 0 Å². The number of benzene rings is 2. The highest BCUT2D eigenvalue weighted by atomic mass is 16.5. The van der Waals surface area contributed by atoms with Crippen LogP contribution >= 0.6 is 0 Å². The molecule has 2 aromatic rings. The molecule has 150 valence electrons. The van der Waals surface area contributed by atoms with Gasteiger partial charge in [-0.1, -0.05) is 12.8 Å². The fourth-order valence-corrected chi connectivity index (χ4v) is 3.60. The molecule has 5 heteroatoms. The molecule has 5 nitrogen and oxygen atoms in total.